The minimum atomic E-state index is 0.500. The SMILES string of the molecule is Brc1ccc(-c2ccnc3nnnn23)cc1. The van der Waals surface area contributed by atoms with Crippen LogP contribution in [0.25, 0.3) is 17.0 Å². The van der Waals surface area contributed by atoms with Crippen LogP contribution in [0, 0.1) is 0 Å². The van der Waals surface area contributed by atoms with Crippen LogP contribution in [0.1, 0.15) is 0 Å². The molecule has 6 heteroatoms. The number of benzene rings is 1. The lowest BCUT2D eigenvalue weighted by Crippen LogP contribution is -1.95. The lowest BCUT2D eigenvalue weighted by Gasteiger charge is -2.02. The summed E-state index contributed by atoms with van der Waals surface area (Å²) in [4.78, 5) is 4.06. The van der Waals surface area contributed by atoms with Gasteiger partial charge in [0.05, 0.1) is 5.69 Å². The zero-order valence-electron chi connectivity index (χ0n) is 8.08. The molecule has 0 N–H and O–H groups in total. The molecular weight excluding hydrogens is 270 g/mol. The van der Waals surface area contributed by atoms with Crippen LogP contribution in [-0.4, -0.2) is 25.0 Å². The number of halogens is 1. The van der Waals surface area contributed by atoms with Crippen molar-refractivity contribution < 1.29 is 0 Å². The maximum Gasteiger partial charge on any atom is 0.273 e. The smallest absolute Gasteiger partial charge is 0.218 e. The second-order valence-corrected chi connectivity index (χ2v) is 4.14. The van der Waals surface area contributed by atoms with Crippen molar-refractivity contribution in [3.05, 3.63) is 41.0 Å². The molecule has 0 radical (unpaired) electrons. The lowest BCUT2D eigenvalue weighted by molar-refractivity contribution is 0.826. The van der Waals surface area contributed by atoms with E-state index in [0.29, 0.717) is 5.78 Å². The van der Waals surface area contributed by atoms with Crippen molar-refractivity contribution in [3.8, 4) is 11.3 Å². The number of aromatic nitrogens is 5. The summed E-state index contributed by atoms with van der Waals surface area (Å²) < 4.78 is 2.65. The Bertz CT molecular complexity index is 631. The van der Waals surface area contributed by atoms with E-state index in [1.54, 1.807) is 10.7 Å². The van der Waals surface area contributed by atoms with Crippen molar-refractivity contribution in [2.75, 3.05) is 0 Å². The van der Waals surface area contributed by atoms with Gasteiger partial charge in [-0.1, -0.05) is 33.2 Å². The average Bonchev–Trinajstić information content (AvgIpc) is 2.78. The fraction of sp³-hybridized carbons (Fsp3) is 0. The molecule has 16 heavy (non-hydrogen) atoms. The second kappa shape index (κ2) is 3.64. The van der Waals surface area contributed by atoms with Crippen molar-refractivity contribution in [3.63, 3.8) is 0 Å². The van der Waals surface area contributed by atoms with Crippen LogP contribution in [0.2, 0.25) is 0 Å². The molecule has 0 aliphatic carbocycles. The van der Waals surface area contributed by atoms with Gasteiger partial charge in [-0.05, 0) is 28.6 Å². The summed E-state index contributed by atoms with van der Waals surface area (Å²) in [5, 5.41) is 11.3. The molecule has 3 rings (SSSR count). The van der Waals surface area contributed by atoms with E-state index in [-0.39, 0.29) is 0 Å². The van der Waals surface area contributed by atoms with Gasteiger partial charge in [-0.3, -0.25) is 0 Å². The first-order chi connectivity index (χ1) is 7.84. The van der Waals surface area contributed by atoms with E-state index in [1.807, 2.05) is 30.3 Å². The average molecular weight is 276 g/mol. The van der Waals surface area contributed by atoms with Crippen LogP contribution in [0.15, 0.2) is 41.0 Å². The highest BCUT2D eigenvalue weighted by molar-refractivity contribution is 9.10. The molecule has 0 atom stereocenters. The highest BCUT2D eigenvalue weighted by atomic mass is 79.9. The Labute approximate surface area is 99.3 Å². The van der Waals surface area contributed by atoms with Gasteiger partial charge >= 0.3 is 0 Å². The van der Waals surface area contributed by atoms with E-state index in [4.69, 9.17) is 0 Å². The summed E-state index contributed by atoms with van der Waals surface area (Å²) in [5.41, 5.74) is 1.96. The molecule has 0 aliphatic rings. The van der Waals surface area contributed by atoms with Crippen molar-refractivity contribution in [2.45, 2.75) is 0 Å². The van der Waals surface area contributed by atoms with E-state index in [1.165, 1.54) is 0 Å². The Morgan fingerprint density at radius 3 is 2.69 bits per heavy atom. The molecule has 0 spiro atoms. The minimum Gasteiger partial charge on any atom is -0.218 e. The number of rotatable bonds is 1. The van der Waals surface area contributed by atoms with Gasteiger partial charge in [0.1, 0.15) is 0 Å². The van der Waals surface area contributed by atoms with Crippen LogP contribution < -0.4 is 0 Å². The van der Waals surface area contributed by atoms with Gasteiger partial charge in [-0.15, -0.1) is 0 Å². The number of tetrazole rings is 1. The maximum atomic E-state index is 4.06. The molecule has 3 aromatic rings. The predicted molar refractivity (Wildman–Crippen MR) is 61.7 cm³/mol. The molecule has 0 saturated heterocycles. The zero-order chi connectivity index (χ0) is 11.0. The van der Waals surface area contributed by atoms with Crippen LogP contribution in [0.5, 0.6) is 0 Å². The van der Waals surface area contributed by atoms with Gasteiger partial charge in [0.2, 0.25) is 0 Å². The molecular formula is C10H6BrN5. The topological polar surface area (TPSA) is 56.0 Å². The van der Waals surface area contributed by atoms with E-state index >= 15 is 0 Å². The summed E-state index contributed by atoms with van der Waals surface area (Å²) >= 11 is 3.40. The monoisotopic (exact) mass is 275 g/mol. The second-order valence-electron chi connectivity index (χ2n) is 3.23. The first-order valence-corrected chi connectivity index (χ1v) is 5.43. The number of nitrogens with zero attached hydrogens (tertiary/aromatic N) is 5. The van der Waals surface area contributed by atoms with Gasteiger partial charge in [-0.2, -0.15) is 4.52 Å². The standard InChI is InChI=1S/C10H6BrN5/c11-8-3-1-7(2-4-8)9-5-6-12-10-13-14-15-16(9)10/h1-6H. The third-order valence-electron chi connectivity index (χ3n) is 2.24. The van der Waals surface area contributed by atoms with Crippen molar-refractivity contribution in [1.29, 1.82) is 0 Å². The van der Waals surface area contributed by atoms with E-state index < -0.39 is 0 Å². The third-order valence-corrected chi connectivity index (χ3v) is 2.77. The van der Waals surface area contributed by atoms with Crippen molar-refractivity contribution in [2.24, 2.45) is 0 Å². The molecule has 0 aliphatic heterocycles. The minimum absolute atomic E-state index is 0.500. The first kappa shape index (κ1) is 9.41. The van der Waals surface area contributed by atoms with Gasteiger partial charge in [-0.25, -0.2) is 4.98 Å². The Morgan fingerprint density at radius 2 is 1.88 bits per heavy atom. The molecule has 78 valence electrons. The fourth-order valence-corrected chi connectivity index (χ4v) is 1.77. The molecule has 5 nitrogen and oxygen atoms in total. The van der Waals surface area contributed by atoms with Crippen LogP contribution in [0.3, 0.4) is 0 Å². The van der Waals surface area contributed by atoms with Gasteiger partial charge in [0.25, 0.3) is 5.78 Å². The summed E-state index contributed by atoms with van der Waals surface area (Å²) in [6.45, 7) is 0. The Balaban J connectivity index is 2.25. The van der Waals surface area contributed by atoms with Gasteiger partial charge in [0, 0.05) is 16.2 Å². The first-order valence-electron chi connectivity index (χ1n) is 4.63. The lowest BCUT2D eigenvalue weighted by atomic mass is 10.1. The summed E-state index contributed by atoms with van der Waals surface area (Å²) in [6, 6.07) is 9.84. The number of hydrogen-bond donors (Lipinski definition) is 0. The highest BCUT2D eigenvalue weighted by Gasteiger charge is 2.05. The maximum absolute atomic E-state index is 4.06. The van der Waals surface area contributed by atoms with Gasteiger partial charge < -0.3 is 0 Å². The van der Waals surface area contributed by atoms with E-state index in [2.05, 4.69) is 36.4 Å². The van der Waals surface area contributed by atoms with Crippen LogP contribution in [0.4, 0.5) is 0 Å². The Morgan fingerprint density at radius 1 is 1.06 bits per heavy atom. The van der Waals surface area contributed by atoms with E-state index in [9.17, 15) is 0 Å². The summed E-state index contributed by atoms with van der Waals surface area (Å²) in [7, 11) is 0. The normalized spacial score (nSPS) is 10.8. The molecule has 0 fully saturated rings. The largest absolute Gasteiger partial charge is 0.273 e. The summed E-state index contributed by atoms with van der Waals surface area (Å²) in [6.07, 6.45) is 1.70. The predicted octanol–water partition coefficient (Wildman–Crippen LogP) is 1.95. The Kier molecular flexibility index (Phi) is 2.14. The Hall–Kier alpha value is -1.82. The number of hydrogen-bond acceptors (Lipinski definition) is 4. The van der Waals surface area contributed by atoms with Crippen LogP contribution >= 0.6 is 15.9 Å². The molecule has 2 heterocycles. The summed E-state index contributed by atoms with van der Waals surface area (Å²) in [5.74, 6) is 0.500. The number of fused-ring (bicyclic) bond motifs is 1. The fourth-order valence-electron chi connectivity index (χ4n) is 1.50. The highest BCUT2D eigenvalue weighted by Crippen LogP contribution is 2.20. The van der Waals surface area contributed by atoms with Crippen LogP contribution in [-0.2, 0) is 0 Å². The molecule has 1 aromatic carbocycles. The van der Waals surface area contributed by atoms with Gasteiger partial charge in [0.15, 0.2) is 0 Å². The molecule has 0 bridgehead atoms. The van der Waals surface area contributed by atoms with E-state index in [0.717, 1.165) is 15.7 Å². The molecule has 0 saturated carbocycles. The van der Waals surface area contributed by atoms with Crippen molar-refractivity contribution in [1.82, 2.24) is 25.0 Å². The zero-order valence-corrected chi connectivity index (χ0v) is 9.66. The third kappa shape index (κ3) is 1.47. The molecule has 0 unspecified atom stereocenters. The quantitative estimate of drug-likeness (QED) is 0.681. The molecule has 0 amide bonds. The van der Waals surface area contributed by atoms with Crippen molar-refractivity contribution >= 4 is 21.7 Å². The molecule has 2 aromatic heterocycles.